The Balaban J connectivity index is 1.36. The van der Waals surface area contributed by atoms with E-state index in [1.807, 2.05) is 10.9 Å². The van der Waals surface area contributed by atoms with Crippen LogP contribution in [0.1, 0.15) is 16.7 Å². The maximum absolute atomic E-state index is 4.88. The van der Waals surface area contributed by atoms with Gasteiger partial charge in [-0.3, -0.25) is 0 Å². The number of hydrogen-bond donors (Lipinski definition) is 0. The number of anilines is 3. The Morgan fingerprint density at radius 1 is 0.528 bits per heavy atom. The first-order valence-corrected chi connectivity index (χ1v) is 12.2. The topological polar surface area (TPSA) is 20.5 Å². The van der Waals surface area contributed by atoms with Crippen LogP contribution in [0.3, 0.4) is 0 Å². The Kier molecular flexibility index (Phi) is 5.59. The molecule has 0 saturated carbocycles. The maximum atomic E-state index is 4.88. The maximum Gasteiger partial charge on any atom is 0.0732 e. The average molecular weight is 466 g/mol. The van der Waals surface area contributed by atoms with Crippen LogP contribution in [0.4, 0.5) is 17.1 Å². The highest BCUT2D eigenvalue weighted by molar-refractivity contribution is 6.08. The van der Waals surface area contributed by atoms with E-state index in [4.69, 9.17) is 5.10 Å². The summed E-state index contributed by atoms with van der Waals surface area (Å²) in [5, 5.41) is 7.31. The van der Waals surface area contributed by atoms with Crippen LogP contribution < -0.4 is 4.90 Å². The highest BCUT2D eigenvalue weighted by Gasteiger charge is 2.12. The molecule has 0 spiro atoms. The van der Waals surface area contributed by atoms with Crippen molar-refractivity contribution >= 4 is 45.1 Å². The third-order valence-corrected chi connectivity index (χ3v) is 6.61. The lowest BCUT2D eigenvalue weighted by molar-refractivity contribution is 0.975. The van der Waals surface area contributed by atoms with Crippen molar-refractivity contribution in [2.24, 2.45) is 5.10 Å². The molecule has 3 heteroatoms. The Bertz CT molecular complexity index is 1570. The first-order valence-electron chi connectivity index (χ1n) is 12.2. The Labute approximate surface area is 211 Å². The normalized spacial score (nSPS) is 11.5. The number of aromatic nitrogens is 1. The van der Waals surface area contributed by atoms with Gasteiger partial charge in [0.05, 0.1) is 17.2 Å². The highest BCUT2D eigenvalue weighted by atomic mass is 15.3. The number of aryl methyl sites for hydroxylation is 2. The van der Waals surface area contributed by atoms with E-state index in [9.17, 15) is 0 Å². The summed E-state index contributed by atoms with van der Waals surface area (Å²) in [5.41, 5.74) is 9.14. The third-order valence-electron chi connectivity index (χ3n) is 6.61. The molecule has 1 aromatic heterocycles. The molecule has 1 heterocycles. The molecule has 0 aliphatic heterocycles. The van der Waals surface area contributed by atoms with Gasteiger partial charge >= 0.3 is 0 Å². The van der Waals surface area contributed by atoms with E-state index >= 15 is 0 Å². The van der Waals surface area contributed by atoms with Crippen molar-refractivity contribution in [3.63, 3.8) is 0 Å². The van der Waals surface area contributed by atoms with Crippen LogP contribution in [0.25, 0.3) is 21.8 Å². The van der Waals surface area contributed by atoms with Gasteiger partial charge in [0.15, 0.2) is 0 Å². The molecule has 0 amide bonds. The summed E-state index contributed by atoms with van der Waals surface area (Å²) in [6.07, 6.45) is 1.94. The predicted molar refractivity (Wildman–Crippen MR) is 153 cm³/mol. The number of hydrogen-bond acceptors (Lipinski definition) is 2. The molecule has 6 rings (SSSR count). The molecule has 0 aliphatic carbocycles. The SMILES string of the molecule is Cc1ccc(N(c2ccc(C)cc2)c2ccc(/C=N/n3c4ccccc4c4ccccc43)cc2)cc1. The average Bonchev–Trinajstić information content (AvgIpc) is 3.24. The van der Waals surface area contributed by atoms with E-state index in [1.54, 1.807) is 0 Å². The first-order chi connectivity index (χ1) is 17.7. The summed E-state index contributed by atoms with van der Waals surface area (Å²) in [5.74, 6) is 0. The minimum absolute atomic E-state index is 1.05. The van der Waals surface area contributed by atoms with E-state index in [1.165, 1.54) is 21.9 Å². The highest BCUT2D eigenvalue weighted by Crippen LogP contribution is 2.35. The second kappa shape index (κ2) is 9.20. The van der Waals surface area contributed by atoms with E-state index < -0.39 is 0 Å². The van der Waals surface area contributed by atoms with E-state index in [2.05, 4.69) is 140 Å². The van der Waals surface area contributed by atoms with Gasteiger partial charge in [0, 0.05) is 27.8 Å². The van der Waals surface area contributed by atoms with Crippen LogP contribution in [0.2, 0.25) is 0 Å². The number of rotatable bonds is 5. The monoisotopic (exact) mass is 465 g/mol. The Morgan fingerprint density at radius 2 is 0.944 bits per heavy atom. The molecule has 0 aliphatic rings. The molecule has 174 valence electrons. The smallest absolute Gasteiger partial charge is 0.0732 e. The molecule has 5 aromatic carbocycles. The first kappa shape index (κ1) is 21.9. The van der Waals surface area contributed by atoms with Crippen molar-refractivity contribution in [2.75, 3.05) is 4.90 Å². The van der Waals surface area contributed by atoms with Gasteiger partial charge in [-0.05, 0) is 67.9 Å². The van der Waals surface area contributed by atoms with Gasteiger partial charge in [-0.15, -0.1) is 0 Å². The third kappa shape index (κ3) is 4.05. The molecule has 0 atom stereocenters. The Hall–Kier alpha value is -4.63. The summed E-state index contributed by atoms with van der Waals surface area (Å²) in [4.78, 5) is 2.28. The summed E-state index contributed by atoms with van der Waals surface area (Å²) >= 11 is 0. The van der Waals surface area contributed by atoms with Crippen molar-refractivity contribution in [3.05, 3.63) is 138 Å². The lowest BCUT2D eigenvalue weighted by Gasteiger charge is -2.25. The van der Waals surface area contributed by atoms with E-state index in [0.29, 0.717) is 0 Å². The summed E-state index contributed by atoms with van der Waals surface area (Å²) in [7, 11) is 0. The summed E-state index contributed by atoms with van der Waals surface area (Å²) < 4.78 is 2.03. The van der Waals surface area contributed by atoms with Gasteiger partial charge in [0.2, 0.25) is 0 Å². The fourth-order valence-electron chi connectivity index (χ4n) is 4.70. The van der Waals surface area contributed by atoms with Gasteiger partial charge < -0.3 is 4.90 Å². The quantitative estimate of drug-likeness (QED) is 0.233. The fraction of sp³-hybridized carbons (Fsp3) is 0.0606. The zero-order chi connectivity index (χ0) is 24.5. The molecular formula is C33H27N3. The molecule has 3 nitrogen and oxygen atoms in total. The van der Waals surface area contributed by atoms with Gasteiger partial charge in [0.1, 0.15) is 0 Å². The van der Waals surface area contributed by atoms with Crippen LogP contribution in [0.5, 0.6) is 0 Å². The van der Waals surface area contributed by atoms with Gasteiger partial charge in [-0.25, -0.2) is 4.68 Å². The van der Waals surface area contributed by atoms with Gasteiger partial charge in [-0.2, -0.15) is 5.10 Å². The van der Waals surface area contributed by atoms with E-state index in [-0.39, 0.29) is 0 Å². The fourth-order valence-corrected chi connectivity index (χ4v) is 4.70. The number of fused-ring (bicyclic) bond motifs is 3. The standard InChI is InChI=1S/C33H27N3/c1-24-11-17-27(18-12-24)35(28-19-13-25(2)14-20-28)29-21-15-26(16-22-29)23-34-36-32-9-5-3-7-30(32)31-8-4-6-10-33(31)36/h3-23H,1-2H3/b34-23+. The largest absolute Gasteiger partial charge is 0.311 e. The summed E-state index contributed by atoms with van der Waals surface area (Å²) in [6.45, 7) is 4.23. The van der Waals surface area contributed by atoms with Gasteiger partial charge in [-0.1, -0.05) is 83.9 Å². The minimum atomic E-state index is 1.05. The molecule has 0 N–H and O–H groups in total. The molecule has 36 heavy (non-hydrogen) atoms. The second-order valence-electron chi connectivity index (χ2n) is 9.19. The molecular weight excluding hydrogens is 438 g/mol. The molecule has 0 radical (unpaired) electrons. The van der Waals surface area contributed by atoms with Crippen molar-refractivity contribution < 1.29 is 0 Å². The number of nitrogens with zero attached hydrogens (tertiary/aromatic N) is 3. The van der Waals surface area contributed by atoms with Crippen molar-refractivity contribution in [1.29, 1.82) is 0 Å². The second-order valence-corrected chi connectivity index (χ2v) is 9.19. The van der Waals surface area contributed by atoms with Crippen LogP contribution >= 0.6 is 0 Å². The van der Waals surface area contributed by atoms with Crippen molar-refractivity contribution in [3.8, 4) is 0 Å². The molecule has 0 fully saturated rings. The Morgan fingerprint density at radius 3 is 1.42 bits per heavy atom. The van der Waals surface area contributed by atoms with Crippen LogP contribution in [-0.4, -0.2) is 10.9 Å². The number of para-hydroxylation sites is 2. The molecule has 0 saturated heterocycles. The minimum Gasteiger partial charge on any atom is -0.311 e. The lowest BCUT2D eigenvalue weighted by atomic mass is 10.1. The van der Waals surface area contributed by atoms with Crippen LogP contribution in [-0.2, 0) is 0 Å². The van der Waals surface area contributed by atoms with Crippen LogP contribution in [0, 0.1) is 13.8 Å². The molecule has 0 bridgehead atoms. The van der Waals surface area contributed by atoms with Crippen LogP contribution in [0.15, 0.2) is 126 Å². The molecule has 0 unspecified atom stereocenters. The predicted octanol–water partition coefficient (Wildman–Crippen LogP) is 8.76. The van der Waals surface area contributed by atoms with Crippen molar-refractivity contribution in [1.82, 2.24) is 4.68 Å². The van der Waals surface area contributed by atoms with E-state index in [0.717, 1.165) is 33.7 Å². The molecule has 6 aromatic rings. The summed E-state index contributed by atoms with van der Waals surface area (Å²) in [6, 6.07) is 42.7. The lowest BCUT2D eigenvalue weighted by Crippen LogP contribution is -2.10. The zero-order valence-electron chi connectivity index (χ0n) is 20.5. The zero-order valence-corrected chi connectivity index (χ0v) is 20.5. The van der Waals surface area contributed by atoms with Crippen molar-refractivity contribution in [2.45, 2.75) is 13.8 Å². The number of benzene rings is 5. The van der Waals surface area contributed by atoms with Gasteiger partial charge in [0.25, 0.3) is 0 Å².